The molecule has 8 nitrogen and oxygen atoms in total. The van der Waals surface area contributed by atoms with Crippen molar-refractivity contribution in [1.82, 2.24) is 20.2 Å². The van der Waals surface area contributed by atoms with Crippen molar-refractivity contribution in [1.29, 1.82) is 0 Å². The van der Waals surface area contributed by atoms with Crippen LogP contribution in [0.15, 0.2) is 30.6 Å². The van der Waals surface area contributed by atoms with E-state index in [1.54, 1.807) is 16.8 Å². The Bertz CT molecular complexity index is 932. The van der Waals surface area contributed by atoms with Gasteiger partial charge in [-0.05, 0) is 36.0 Å². The highest BCUT2D eigenvalue weighted by atomic mass is 16.5. The van der Waals surface area contributed by atoms with E-state index in [1.807, 2.05) is 18.3 Å². The zero-order valence-corrected chi connectivity index (χ0v) is 17.6. The average Bonchev–Trinajstić information content (AvgIpc) is 3.19. The molecule has 0 radical (unpaired) electrons. The second-order valence-corrected chi connectivity index (χ2v) is 9.18. The highest BCUT2D eigenvalue weighted by Crippen LogP contribution is 2.46. The number of fused-ring (bicyclic) bond motifs is 1. The molecule has 2 fully saturated rings. The maximum Gasteiger partial charge on any atom is 0.253 e. The first-order valence-electron chi connectivity index (χ1n) is 10.6. The minimum atomic E-state index is -0.956. The fourth-order valence-electron chi connectivity index (χ4n) is 4.51. The van der Waals surface area contributed by atoms with Gasteiger partial charge in [0.1, 0.15) is 0 Å². The van der Waals surface area contributed by atoms with Crippen LogP contribution in [0.2, 0.25) is 0 Å². The predicted molar refractivity (Wildman–Crippen MR) is 111 cm³/mol. The molecule has 0 aromatic carbocycles. The lowest BCUT2D eigenvalue weighted by Crippen LogP contribution is -2.60. The summed E-state index contributed by atoms with van der Waals surface area (Å²) in [5.74, 6) is 0.0281. The van der Waals surface area contributed by atoms with E-state index in [-0.39, 0.29) is 35.6 Å². The number of nitrogens with zero attached hydrogens (tertiary/aromatic N) is 2. The molecule has 1 saturated heterocycles. The average molecular weight is 415 g/mol. The number of amides is 2. The van der Waals surface area contributed by atoms with Crippen LogP contribution in [0, 0.1) is 11.3 Å². The van der Waals surface area contributed by atoms with Crippen LogP contribution in [0.3, 0.4) is 0 Å². The zero-order valence-electron chi connectivity index (χ0n) is 17.6. The van der Waals surface area contributed by atoms with Crippen LogP contribution in [0.1, 0.15) is 49.9 Å². The Balaban J connectivity index is 1.29. The summed E-state index contributed by atoms with van der Waals surface area (Å²) in [5.41, 5.74) is 0.293. The lowest BCUT2D eigenvalue weighted by molar-refractivity contribution is -0.131. The Morgan fingerprint density at radius 1 is 1.30 bits per heavy atom. The molecule has 2 atom stereocenters. The van der Waals surface area contributed by atoms with Gasteiger partial charge in [-0.25, -0.2) is 4.52 Å². The molecule has 1 aliphatic heterocycles. The third-order valence-electron chi connectivity index (χ3n) is 6.92. The van der Waals surface area contributed by atoms with Crippen molar-refractivity contribution >= 4 is 17.3 Å². The van der Waals surface area contributed by atoms with Crippen molar-refractivity contribution in [2.75, 3.05) is 19.8 Å². The minimum Gasteiger partial charge on any atom is -0.389 e. The highest BCUT2D eigenvalue weighted by Gasteiger charge is 2.48. The number of pyridine rings is 1. The molecular formula is C22H30N4O4. The Morgan fingerprint density at radius 3 is 2.80 bits per heavy atom. The fourth-order valence-corrected chi connectivity index (χ4v) is 4.51. The van der Waals surface area contributed by atoms with E-state index < -0.39 is 5.60 Å². The maximum absolute atomic E-state index is 12.8. The monoisotopic (exact) mass is 414 g/mol. The lowest BCUT2D eigenvalue weighted by atomic mass is 9.58. The van der Waals surface area contributed by atoms with Crippen LogP contribution in [0.4, 0.5) is 0 Å². The minimum absolute atomic E-state index is 0.0368. The molecule has 3 heterocycles. The molecule has 2 aromatic heterocycles. The number of hydrogen-bond donors (Lipinski definition) is 3. The van der Waals surface area contributed by atoms with Crippen LogP contribution in [-0.4, -0.2) is 57.9 Å². The smallest absolute Gasteiger partial charge is 0.253 e. The Labute approximate surface area is 176 Å². The molecule has 2 amide bonds. The molecule has 2 aliphatic rings. The molecule has 162 valence electrons. The number of aromatic nitrogens is 2. The zero-order chi connectivity index (χ0) is 21.4. The summed E-state index contributed by atoms with van der Waals surface area (Å²) in [6, 6.07) is 5.48. The van der Waals surface area contributed by atoms with Crippen molar-refractivity contribution in [2.45, 2.75) is 51.2 Å². The predicted octanol–water partition coefficient (Wildman–Crippen LogP) is 1.53. The molecule has 30 heavy (non-hydrogen) atoms. The molecule has 3 N–H and O–H groups in total. The van der Waals surface area contributed by atoms with Gasteiger partial charge >= 0.3 is 0 Å². The highest BCUT2D eigenvalue weighted by molar-refractivity contribution is 6.00. The van der Waals surface area contributed by atoms with E-state index in [2.05, 4.69) is 29.6 Å². The molecule has 0 bridgehead atoms. The molecular weight excluding hydrogens is 384 g/mol. The van der Waals surface area contributed by atoms with Gasteiger partial charge in [0.25, 0.3) is 5.91 Å². The van der Waals surface area contributed by atoms with Gasteiger partial charge in [-0.15, -0.1) is 0 Å². The summed E-state index contributed by atoms with van der Waals surface area (Å²) in [6.45, 7) is 5.76. The van der Waals surface area contributed by atoms with Gasteiger partial charge in [0.15, 0.2) is 0 Å². The molecule has 2 aromatic rings. The number of hydrogen-bond acceptors (Lipinski definition) is 5. The summed E-state index contributed by atoms with van der Waals surface area (Å²) in [7, 11) is 0. The van der Waals surface area contributed by atoms with Crippen LogP contribution >= 0.6 is 0 Å². The van der Waals surface area contributed by atoms with Gasteiger partial charge in [0.05, 0.1) is 29.3 Å². The summed E-state index contributed by atoms with van der Waals surface area (Å²) in [5, 5.41) is 20.8. The fraction of sp³-hybridized carbons (Fsp3) is 0.591. The van der Waals surface area contributed by atoms with Crippen molar-refractivity contribution < 1.29 is 19.4 Å². The third-order valence-corrected chi connectivity index (χ3v) is 6.92. The summed E-state index contributed by atoms with van der Waals surface area (Å²) < 4.78 is 6.95. The molecule has 2 unspecified atom stereocenters. The number of carbonyl (C=O) groups excluding carboxylic acids is 2. The first-order chi connectivity index (χ1) is 14.3. The number of rotatable bonds is 6. The third kappa shape index (κ3) is 4.06. The number of carbonyl (C=O) groups is 2. The molecule has 0 spiro atoms. The van der Waals surface area contributed by atoms with Crippen molar-refractivity contribution in [3.05, 3.63) is 36.2 Å². The Hall–Kier alpha value is -2.45. The molecule has 1 aliphatic carbocycles. The summed E-state index contributed by atoms with van der Waals surface area (Å²) >= 11 is 0. The van der Waals surface area contributed by atoms with Gasteiger partial charge in [-0.1, -0.05) is 13.8 Å². The van der Waals surface area contributed by atoms with E-state index in [1.165, 1.54) is 0 Å². The van der Waals surface area contributed by atoms with Crippen LogP contribution in [-0.2, 0) is 9.53 Å². The summed E-state index contributed by atoms with van der Waals surface area (Å²) in [4.78, 5) is 25.1. The second-order valence-electron chi connectivity index (χ2n) is 9.18. The van der Waals surface area contributed by atoms with E-state index in [4.69, 9.17) is 4.74 Å². The maximum atomic E-state index is 12.8. The normalized spacial score (nSPS) is 24.8. The Kier molecular flexibility index (Phi) is 5.55. The SMILES string of the molecule is CC1(C)C(CNC(=O)CC2(O)CCOCC2)CC1NC(=O)c1cccn2nccc12. The molecule has 4 rings (SSSR count). The second kappa shape index (κ2) is 8.00. The van der Waals surface area contributed by atoms with Gasteiger partial charge in [-0.2, -0.15) is 5.10 Å². The first-order valence-corrected chi connectivity index (χ1v) is 10.6. The number of aliphatic hydroxyl groups is 1. The Morgan fingerprint density at radius 2 is 2.07 bits per heavy atom. The van der Waals surface area contributed by atoms with Crippen LogP contribution in [0.5, 0.6) is 0 Å². The molecule has 1 saturated carbocycles. The molecule has 8 heteroatoms. The van der Waals surface area contributed by atoms with Crippen LogP contribution < -0.4 is 10.6 Å². The standard InChI is InChI=1S/C22H30N4O4/c1-21(2)15(14-23-19(27)13-22(29)6-10-30-11-7-22)12-18(21)25-20(28)16-4-3-9-26-17(16)5-8-24-26/h3-5,8-9,15,18,29H,6-7,10-14H2,1-2H3,(H,23,27)(H,25,28). The van der Waals surface area contributed by atoms with Crippen molar-refractivity contribution in [2.24, 2.45) is 11.3 Å². The van der Waals surface area contributed by atoms with Gasteiger partial charge in [0.2, 0.25) is 5.91 Å². The van der Waals surface area contributed by atoms with E-state index in [0.29, 0.717) is 38.2 Å². The largest absolute Gasteiger partial charge is 0.389 e. The van der Waals surface area contributed by atoms with Crippen molar-refractivity contribution in [3.8, 4) is 0 Å². The van der Waals surface area contributed by atoms with Crippen molar-refractivity contribution in [3.63, 3.8) is 0 Å². The van der Waals surface area contributed by atoms with Crippen LogP contribution in [0.25, 0.3) is 5.52 Å². The van der Waals surface area contributed by atoms with E-state index in [9.17, 15) is 14.7 Å². The number of ether oxygens (including phenoxy) is 1. The lowest BCUT2D eigenvalue weighted by Gasteiger charge is -2.52. The van der Waals surface area contributed by atoms with Gasteiger partial charge in [-0.3, -0.25) is 9.59 Å². The quantitative estimate of drug-likeness (QED) is 0.665. The topological polar surface area (TPSA) is 105 Å². The first kappa shape index (κ1) is 20.8. The van der Waals surface area contributed by atoms with Gasteiger partial charge < -0.3 is 20.5 Å². The van der Waals surface area contributed by atoms with E-state index in [0.717, 1.165) is 11.9 Å². The van der Waals surface area contributed by atoms with Gasteiger partial charge in [0, 0.05) is 44.8 Å². The van der Waals surface area contributed by atoms with E-state index >= 15 is 0 Å². The summed E-state index contributed by atoms with van der Waals surface area (Å²) in [6.07, 6.45) is 5.39. The number of nitrogens with one attached hydrogen (secondary N) is 2.